The van der Waals surface area contributed by atoms with Crippen LogP contribution in [-0.4, -0.2) is 12.6 Å². The molecule has 0 rings (SSSR count). The smallest absolute Gasteiger partial charge is 0.348 e. The number of rotatable bonds is 8. The zero-order chi connectivity index (χ0) is 13.3. The molecule has 0 aromatic carbocycles. The molecule has 96 valence electrons. The Morgan fingerprint density at radius 3 is 2.47 bits per heavy atom. The molecule has 0 aliphatic carbocycles. The summed E-state index contributed by atoms with van der Waals surface area (Å²) in [5.74, 6) is 0.706. The maximum Gasteiger partial charge on any atom is 0.348 e. The molecule has 0 spiro atoms. The molecule has 0 saturated carbocycles. The van der Waals surface area contributed by atoms with E-state index >= 15 is 0 Å². The standard InChI is InChI=1S/C14H23NO2/c1-11(2)6-5-7-12(3)8-9-17-14(16)13(4)10-15/h11-12H,4-9H2,1-3H3. The molecule has 0 fully saturated rings. The van der Waals surface area contributed by atoms with E-state index in [0.717, 1.165) is 18.8 Å². The van der Waals surface area contributed by atoms with Crippen LogP contribution in [0.25, 0.3) is 0 Å². The molecule has 0 aromatic rings. The highest BCUT2D eigenvalue weighted by Crippen LogP contribution is 2.15. The molecule has 0 radical (unpaired) electrons. The maximum absolute atomic E-state index is 11.1. The highest BCUT2D eigenvalue weighted by Gasteiger charge is 2.09. The first-order valence-corrected chi connectivity index (χ1v) is 6.23. The number of hydrogen-bond acceptors (Lipinski definition) is 3. The monoisotopic (exact) mass is 237 g/mol. The minimum Gasteiger partial charge on any atom is -0.462 e. The van der Waals surface area contributed by atoms with E-state index in [1.54, 1.807) is 6.07 Å². The predicted molar refractivity (Wildman–Crippen MR) is 68.2 cm³/mol. The van der Waals surface area contributed by atoms with Gasteiger partial charge in [0.2, 0.25) is 0 Å². The Bertz CT molecular complexity index is 289. The second-order valence-electron chi connectivity index (χ2n) is 4.94. The number of carbonyl (C=O) groups excluding carboxylic acids is 1. The van der Waals surface area contributed by atoms with E-state index in [9.17, 15) is 4.79 Å². The topological polar surface area (TPSA) is 50.1 Å². The van der Waals surface area contributed by atoms with Crippen molar-refractivity contribution in [3.05, 3.63) is 12.2 Å². The third kappa shape index (κ3) is 8.50. The number of carbonyl (C=O) groups is 1. The first-order chi connectivity index (χ1) is 7.97. The minimum absolute atomic E-state index is 0.127. The maximum atomic E-state index is 11.1. The van der Waals surface area contributed by atoms with Crippen LogP contribution >= 0.6 is 0 Å². The molecule has 17 heavy (non-hydrogen) atoms. The largest absolute Gasteiger partial charge is 0.462 e. The quantitative estimate of drug-likeness (QED) is 0.369. The van der Waals surface area contributed by atoms with Gasteiger partial charge >= 0.3 is 5.97 Å². The molecular weight excluding hydrogens is 214 g/mol. The third-order valence-corrected chi connectivity index (χ3v) is 2.70. The molecule has 1 atom stereocenters. The van der Waals surface area contributed by atoms with Gasteiger partial charge in [-0.1, -0.05) is 46.6 Å². The molecule has 0 saturated heterocycles. The number of ether oxygens (including phenoxy) is 1. The summed E-state index contributed by atoms with van der Waals surface area (Å²) in [6.07, 6.45) is 4.48. The first kappa shape index (κ1) is 15.7. The lowest BCUT2D eigenvalue weighted by atomic mass is 9.98. The van der Waals surface area contributed by atoms with Gasteiger partial charge in [-0.2, -0.15) is 5.26 Å². The predicted octanol–water partition coefficient (Wildman–Crippen LogP) is 3.46. The molecule has 0 heterocycles. The third-order valence-electron chi connectivity index (χ3n) is 2.70. The Morgan fingerprint density at radius 1 is 1.29 bits per heavy atom. The lowest BCUT2D eigenvalue weighted by Gasteiger charge is -2.12. The summed E-state index contributed by atoms with van der Waals surface area (Å²) in [4.78, 5) is 11.1. The fourth-order valence-corrected chi connectivity index (χ4v) is 1.50. The van der Waals surface area contributed by atoms with Gasteiger partial charge in [0.05, 0.1) is 6.61 Å². The molecule has 0 aliphatic rings. The lowest BCUT2D eigenvalue weighted by molar-refractivity contribution is -0.138. The fourth-order valence-electron chi connectivity index (χ4n) is 1.50. The number of nitriles is 1. The van der Waals surface area contributed by atoms with Crippen molar-refractivity contribution < 1.29 is 9.53 Å². The van der Waals surface area contributed by atoms with Crippen LogP contribution in [0.15, 0.2) is 12.2 Å². The van der Waals surface area contributed by atoms with Crippen LogP contribution in [0.3, 0.4) is 0 Å². The summed E-state index contributed by atoms with van der Waals surface area (Å²) >= 11 is 0. The normalized spacial score (nSPS) is 11.9. The highest BCUT2D eigenvalue weighted by atomic mass is 16.5. The summed E-state index contributed by atoms with van der Waals surface area (Å²) in [5.41, 5.74) is -0.127. The Balaban J connectivity index is 3.58. The zero-order valence-electron chi connectivity index (χ0n) is 11.2. The van der Waals surface area contributed by atoms with Gasteiger partial charge in [0, 0.05) is 0 Å². The van der Waals surface area contributed by atoms with Gasteiger partial charge in [-0.25, -0.2) is 4.79 Å². The molecule has 3 nitrogen and oxygen atoms in total. The van der Waals surface area contributed by atoms with Crippen molar-refractivity contribution in [3.63, 3.8) is 0 Å². The van der Waals surface area contributed by atoms with E-state index in [2.05, 4.69) is 27.4 Å². The van der Waals surface area contributed by atoms with Crippen LogP contribution in [-0.2, 0) is 9.53 Å². The van der Waals surface area contributed by atoms with Crippen molar-refractivity contribution in [1.82, 2.24) is 0 Å². The van der Waals surface area contributed by atoms with E-state index in [1.165, 1.54) is 12.8 Å². The van der Waals surface area contributed by atoms with Gasteiger partial charge < -0.3 is 4.74 Å². The fraction of sp³-hybridized carbons (Fsp3) is 0.714. The zero-order valence-corrected chi connectivity index (χ0v) is 11.2. The second-order valence-corrected chi connectivity index (χ2v) is 4.94. The van der Waals surface area contributed by atoms with Crippen molar-refractivity contribution in [1.29, 1.82) is 5.26 Å². The van der Waals surface area contributed by atoms with Crippen LogP contribution in [0.5, 0.6) is 0 Å². The van der Waals surface area contributed by atoms with E-state index in [4.69, 9.17) is 10.00 Å². The van der Waals surface area contributed by atoms with Crippen LogP contribution < -0.4 is 0 Å². The SMILES string of the molecule is C=C(C#N)C(=O)OCCC(C)CCCC(C)C. The van der Waals surface area contributed by atoms with Crippen molar-refractivity contribution in [2.75, 3.05) is 6.61 Å². The van der Waals surface area contributed by atoms with Crippen molar-refractivity contribution >= 4 is 5.97 Å². The highest BCUT2D eigenvalue weighted by molar-refractivity contribution is 5.91. The van der Waals surface area contributed by atoms with E-state index < -0.39 is 5.97 Å². The molecular formula is C14H23NO2. The average Bonchev–Trinajstić information content (AvgIpc) is 2.27. The van der Waals surface area contributed by atoms with Gasteiger partial charge in [0.1, 0.15) is 11.6 Å². The lowest BCUT2D eigenvalue weighted by Crippen LogP contribution is -2.09. The van der Waals surface area contributed by atoms with Gasteiger partial charge in [-0.15, -0.1) is 0 Å². The summed E-state index contributed by atoms with van der Waals surface area (Å²) < 4.78 is 4.93. The van der Waals surface area contributed by atoms with Crippen molar-refractivity contribution in [2.24, 2.45) is 11.8 Å². The van der Waals surface area contributed by atoms with Gasteiger partial charge in [-0.3, -0.25) is 0 Å². The molecule has 0 aliphatic heterocycles. The van der Waals surface area contributed by atoms with Crippen molar-refractivity contribution in [3.8, 4) is 6.07 Å². The Hall–Kier alpha value is -1.30. The molecule has 0 N–H and O–H groups in total. The van der Waals surface area contributed by atoms with E-state index in [1.807, 2.05) is 0 Å². The molecule has 3 heteroatoms. The van der Waals surface area contributed by atoms with Gasteiger partial charge in [-0.05, 0) is 18.3 Å². The summed E-state index contributed by atoms with van der Waals surface area (Å²) in [5, 5.41) is 8.43. The second kappa shape index (κ2) is 8.81. The summed E-state index contributed by atoms with van der Waals surface area (Å²) in [6.45, 7) is 10.3. The summed E-state index contributed by atoms with van der Waals surface area (Å²) in [6, 6.07) is 1.68. The number of nitrogens with zero attached hydrogens (tertiary/aromatic N) is 1. The van der Waals surface area contributed by atoms with Crippen LogP contribution in [0.4, 0.5) is 0 Å². The molecule has 0 aromatic heterocycles. The van der Waals surface area contributed by atoms with Crippen molar-refractivity contribution in [2.45, 2.75) is 46.5 Å². The first-order valence-electron chi connectivity index (χ1n) is 6.23. The Kier molecular flexibility index (Phi) is 8.13. The molecule has 0 amide bonds. The molecule has 0 bridgehead atoms. The summed E-state index contributed by atoms with van der Waals surface area (Å²) in [7, 11) is 0. The molecule has 1 unspecified atom stereocenters. The van der Waals surface area contributed by atoms with Gasteiger partial charge in [0.15, 0.2) is 0 Å². The Labute approximate surface area is 104 Å². The van der Waals surface area contributed by atoms with Crippen LogP contribution in [0.1, 0.15) is 46.5 Å². The number of hydrogen-bond donors (Lipinski definition) is 0. The average molecular weight is 237 g/mol. The van der Waals surface area contributed by atoms with Crippen LogP contribution in [0.2, 0.25) is 0 Å². The van der Waals surface area contributed by atoms with E-state index in [-0.39, 0.29) is 5.57 Å². The Morgan fingerprint density at radius 2 is 1.94 bits per heavy atom. The van der Waals surface area contributed by atoms with Gasteiger partial charge in [0.25, 0.3) is 0 Å². The number of esters is 1. The van der Waals surface area contributed by atoms with Crippen LogP contribution in [0, 0.1) is 23.2 Å². The van der Waals surface area contributed by atoms with E-state index in [0.29, 0.717) is 12.5 Å². The minimum atomic E-state index is -0.595.